The Morgan fingerprint density at radius 3 is 2.74 bits per heavy atom. The van der Waals surface area contributed by atoms with Crippen LogP contribution in [0.5, 0.6) is 0 Å². The lowest BCUT2D eigenvalue weighted by Crippen LogP contribution is -2.47. The van der Waals surface area contributed by atoms with E-state index >= 15 is 0 Å². The van der Waals surface area contributed by atoms with Crippen LogP contribution in [0.2, 0.25) is 0 Å². The van der Waals surface area contributed by atoms with Crippen molar-refractivity contribution < 1.29 is 9.53 Å². The molecule has 1 aliphatic rings. The van der Waals surface area contributed by atoms with E-state index in [9.17, 15) is 4.79 Å². The highest BCUT2D eigenvalue weighted by Crippen LogP contribution is 2.12. The van der Waals surface area contributed by atoms with E-state index in [1.54, 1.807) is 17.3 Å². The second-order valence-corrected chi connectivity index (χ2v) is 6.85. The molecule has 1 aliphatic heterocycles. The lowest BCUT2D eigenvalue weighted by Gasteiger charge is -2.31. The standard InChI is InChI=1S/C17H28N4O2/c1-17(2,3)23-16(22)21(14-15-5-4-6-19-13-15)12-11-20-9-7-18-8-10-20/h4-6,13,18H,7-12,14H2,1-3H3. The van der Waals surface area contributed by atoms with Crippen LogP contribution in [-0.4, -0.2) is 65.7 Å². The summed E-state index contributed by atoms with van der Waals surface area (Å²) in [5.41, 5.74) is 0.526. The van der Waals surface area contributed by atoms with Crippen LogP contribution in [0.25, 0.3) is 0 Å². The summed E-state index contributed by atoms with van der Waals surface area (Å²) in [6.07, 6.45) is 3.26. The third-order valence-electron chi connectivity index (χ3n) is 3.64. The zero-order valence-corrected chi connectivity index (χ0v) is 14.4. The topological polar surface area (TPSA) is 57.7 Å². The molecule has 128 valence electrons. The Bertz CT molecular complexity index is 481. The van der Waals surface area contributed by atoms with Gasteiger partial charge in [-0.25, -0.2) is 4.79 Å². The minimum absolute atomic E-state index is 0.267. The first kappa shape index (κ1) is 17.7. The van der Waals surface area contributed by atoms with Gasteiger partial charge < -0.3 is 15.0 Å². The molecule has 0 atom stereocenters. The lowest BCUT2D eigenvalue weighted by atomic mass is 10.2. The molecule has 1 fully saturated rings. The van der Waals surface area contributed by atoms with Crippen LogP contribution in [-0.2, 0) is 11.3 Å². The van der Waals surface area contributed by atoms with Gasteiger partial charge in [-0.15, -0.1) is 0 Å². The highest BCUT2D eigenvalue weighted by Gasteiger charge is 2.23. The molecule has 0 spiro atoms. The number of carbonyl (C=O) groups is 1. The average molecular weight is 320 g/mol. The van der Waals surface area contributed by atoms with Crippen molar-refractivity contribution in [1.29, 1.82) is 0 Å². The summed E-state index contributed by atoms with van der Waals surface area (Å²) < 4.78 is 5.55. The van der Waals surface area contributed by atoms with Gasteiger partial charge in [-0.05, 0) is 32.4 Å². The van der Waals surface area contributed by atoms with Crippen molar-refractivity contribution in [2.75, 3.05) is 39.3 Å². The van der Waals surface area contributed by atoms with Gasteiger partial charge in [-0.1, -0.05) is 6.07 Å². The molecule has 0 unspecified atom stereocenters. The Labute approximate surface area is 138 Å². The average Bonchev–Trinajstić information content (AvgIpc) is 2.51. The summed E-state index contributed by atoms with van der Waals surface area (Å²) in [6, 6.07) is 3.87. The first-order chi connectivity index (χ1) is 10.9. The predicted molar refractivity (Wildman–Crippen MR) is 90.2 cm³/mol. The molecular formula is C17H28N4O2. The normalized spacial score (nSPS) is 16.1. The van der Waals surface area contributed by atoms with Crippen molar-refractivity contribution in [3.05, 3.63) is 30.1 Å². The van der Waals surface area contributed by atoms with Crippen LogP contribution in [0.3, 0.4) is 0 Å². The number of pyridine rings is 1. The van der Waals surface area contributed by atoms with Gasteiger partial charge in [0.15, 0.2) is 0 Å². The molecule has 0 saturated carbocycles. The summed E-state index contributed by atoms with van der Waals surface area (Å²) in [7, 11) is 0. The minimum Gasteiger partial charge on any atom is -0.444 e. The molecule has 2 rings (SSSR count). The molecule has 0 aromatic carbocycles. The summed E-state index contributed by atoms with van der Waals surface area (Å²) in [5.74, 6) is 0. The van der Waals surface area contributed by atoms with E-state index in [4.69, 9.17) is 4.74 Å². The van der Waals surface area contributed by atoms with Gasteiger partial charge >= 0.3 is 6.09 Å². The number of piperazine rings is 1. The second-order valence-electron chi connectivity index (χ2n) is 6.85. The molecule has 6 heteroatoms. The number of carbonyl (C=O) groups excluding carboxylic acids is 1. The van der Waals surface area contributed by atoms with Crippen LogP contribution in [0.15, 0.2) is 24.5 Å². The van der Waals surface area contributed by atoms with E-state index in [1.807, 2.05) is 32.9 Å². The first-order valence-electron chi connectivity index (χ1n) is 8.24. The van der Waals surface area contributed by atoms with Gasteiger partial charge in [0.05, 0.1) is 6.54 Å². The third-order valence-corrected chi connectivity index (χ3v) is 3.64. The SMILES string of the molecule is CC(C)(C)OC(=O)N(CCN1CCNCC1)Cc1cccnc1. The molecule has 2 heterocycles. The van der Waals surface area contributed by atoms with E-state index in [2.05, 4.69) is 15.2 Å². The number of amides is 1. The summed E-state index contributed by atoms with van der Waals surface area (Å²) in [4.78, 5) is 20.8. The number of hydrogen-bond acceptors (Lipinski definition) is 5. The fourth-order valence-electron chi connectivity index (χ4n) is 2.47. The van der Waals surface area contributed by atoms with Gasteiger partial charge in [0.1, 0.15) is 5.60 Å². The number of rotatable bonds is 5. The largest absolute Gasteiger partial charge is 0.444 e. The number of nitrogens with one attached hydrogen (secondary N) is 1. The van der Waals surface area contributed by atoms with E-state index in [0.29, 0.717) is 13.1 Å². The van der Waals surface area contributed by atoms with Crippen molar-refractivity contribution in [2.45, 2.75) is 32.9 Å². The molecule has 1 amide bonds. The number of hydrogen-bond donors (Lipinski definition) is 1. The van der Waals surface area contributed by atoms with Gasteiger partial charge in [-0.2, -0.15) is 0 Å². The quantitative estimate of drug-likeness (QED) is 0.895. The summed E-state index contributed by atoms with van der Waals surface area (Å²) in [5, 5.41) is 3.34. The number of ether oxygens (including phenoxy) is 1. The van der Waals surface area contributed by atoms with Crippen molar-refractivity contribution in [2.24, 2.45) is 0 Å². The van der Waals surface area contributed by atoms with Crippen LogP contribution < -0.4 is 5.32 Å². The van der Waals surface area contributed by atoms with Crippen LogP contribution in [0, 0.1) is 0 Å². The van der Waals surface area contributed by atoms with Crippen molar-refractivity contribution in [3.63, 3.8) is 0 Å². The van der Waals surface area contributed by atoms with Gasteiger partial charge in [0.25, 0.3) is 0 Å². The molecule has 1 aromatic heterocycles. The first-order valence-corrected chi connectivity index (χ1v) is 8.24. The molecule has 23 heavy (non-hydrogen) atoms. The smallest absolute Gasteiger partial charge is 0.410 e. The molecule has 0 bridgehead atoms. The van der Waals surface area contributed by atoms with Gasteiger partial charge in [-0.3, -0.25) is 9.88 Å². The maximum atomic E-state index is 12.5. The Kier molecular flexibility index (Phi) is 6.36. The van der Waals surface area contributed by atoms with E-state index < -0.39 is 5.60 Å². The maximum Gasteiger partial charge on any atom is 0.410 e. The fraction of sp³-hybridized carbons (Fsp3) is 0.647. The van der Waals surface area contributed by atoms with Crippen molar-refractivity contribution >= 4 is 6.09 Å². The third kappa shape index (κ3) is 6.54. The molecule has 6 nitrogen and oxygen atoms in total. The highest BCUT2D eigenvalue weighted by molar-refractivity contribution is 5.68. The van der Waals surface area contributed by atoms with Crippen LogP contribution in [0.1, 0.15) is 26.3 Å². The molecule has 0 aliphatic carbocycles. The van der Waals surface area contributed by atoms with Gasteiger partial charge in [0, 0.05) is 51.7 Å². The van der Waals surface area contributed by atoms with E-state index in [0.717, 1.165) is 38.3 Å². The highest BCUT2D eigenvalue weighted by atomic mass is 16.6. The number of aromatic nitrogens is 1. The van der Waals surface area contributed by atoms with Crippen molar-refractivity contribution in [3.8, 4) is 0 Å². The fourth-order valence-corrected chi connectivity index (χ4v) is 2.47. The molecular weight excluding hydrogens is 292 g/mol. The Morgan fingerprint density at radius 2 is 2.13 bits per heavy atom. The molecule has 1 aromatic rings. The molecule has 1 N–H and O–H groups in total. The monoisotopic (exact) mass is 320 g/mol. The molecule has 0 radical (unpaired) electrons. The summed E-state index contributed by atoms with van der Waals surface area (Å²) >= 11 is 0. The zero-order valence-electron chi connectivity index (χ0n) is 14.4. The maximum absolute atomic E-state index is 12.5. The van der Waals surface area contributed by atoms with E-state index in [1.165, 1.54) is 0 Å². The van der Waals surface area contributed by atoms with E-state index in [-0.39, 0.29) is 6.09 Å². The zero-order chi connectivity index (χ0) is 16.7. The Morgan fingerprint density at radius 1 is 1.39 bits per heavy atom. The molecule has 1 saturated heterocycles. The van der Waals surface area contributed by atoms with Gasteiger partial charge in [0.2, 0.25) is 0 Å². The van der Waals surface area contributed by atoms with Crippen LogP contribution >= 0.6 is 0 Å². The Hall–Kier alpha value is -1.66. The van der Waals surface area contributed by atoms with Crippen LogP contribution in [0.4, 0.5) is 4.79 Å². The second kappa shape index (κ2) is 8.26. The predicted octanol–water partition coefficient (Wildman–Crippen LogP) is 1.72. The Balaban J connectivity index is 1.96. The minimum atomic E-state index is -0.487. The lowest BCUT2D eigenvalue weighted by molar-refractivity contribution is 0.0212. The van der Waals surface area contributed by atoms with Crippen molar-refractivity contribution in [1.82, 2.24) is 20.1 Å². The summed E-state index contributed by atoms with van der Waals surface area (Å²) in [6.45, 7) is 11.8. The number of nitrogens with zero attached hydrogens (tertiary/aromatic N) is 3.